The lowest BCUT2D eigenvalue weighted by Gasteiger charge is -2.27. The largest absolute Gasteiger partial charge is 0.378 e. The molecule has 0 radical (unpaired) electrons. The molecule has 0 bridgehead atoms. The molecule has 1 aromatic heterocycles. The average molecular weight is 283 g/mol. The molecule has 4 rings (SSSR count). The third kappa shape index (κ3) is 2.05. The van der Waals surface area contributed by atoms with Crippen molar-refractivity contribution in [2.45, 2.75) is 12.8 Å². The Morgan fingerprint density at radius 1 is 1.19 bits per heavy atom. The van der Waals surface area contributed by atoms with Gasteiger partial charge in [-0.2, -0.15) is 5.10 Å². The maximum absolute atomic E-state index is 12.6. The number of amides is 1. The van der Waals surface area contributed by atoms with E-state index in [1.165, 1.54) is 5.56 Å². The second-order valence-corrected chi connectivity index (χ2v) is 5.49. The molecule has 5 heteroatoms. The van der Waals surface area contributed by atoms with Gasteiger partial charge in [-0.15, -0.1) is 0 Å². The lowest BCUT2D eigenvalue weighted by Crippen LogP contribution is -2.41. The summed E-state index contributed by atoms with van der Waals surface area (Å²) in [5.41, 5.74) is 5.11. The molecule has 1 N–H and O–H groups in total. The second kappa shape index (κ2) is 5.00. The van der Waals surface area contributed by atoms with Crippen molar-refractivity contribution in [1.29, 1.82) is 0 Å². The van der Waals surface area contributed by atoms with Crippen LogP contribution in [0.25, 0.3) is 11.3 Å². The molecule has 1 saturated heterocycles. The maximum atomic E-state index is 12.6. The molecule has 21 heavy (non-hydrogen) atoms. The van der Waals surface area contributed by atoms with Gasteiger partial charge in [-0.3, -0.25) is 9.89 Å². The molecular weight excluding hydrogens is 266 g/mol. The fraction of sp³-hybridized carbons (Fsp3) is 0.375. The minimum Gasteiger partial charge on any atom is -0.378 e. The van der Waals surface area contributed by atoms with Crippen molar-refractivity contribution in [3.8, 4) is 11.3 Å². The Hall–Kier alpha value is -2.14. The minimum absolute atomic E-state index is 0.0476. The monoisotopic (exact) mass is 283 g/mol. The molecule has 1 aliphatic carbocycles. The number of ether oxygens (including phenoxy) is 1. The van der Waals surface area contributed by atoms with Gasteiger partial charge in [-0.25, -0.2) is 0 Å². The van der Waals surface area contributed by atoms with Gasteiger partial charge < -0.3 is 9.64 Å². The highest BCUT2D eigenvalue weighted by atomic mass is 16.5. The molecule has 2 heterocycles. The summed E-state index contributed by atoms with van der Waals surface area (Å²) in [4.78, 5) is 14.5. The van der Waals surface area contributed by atoms with E-state index in [2.05, 4.69) is 28.4 Å². The average Bonchev–Trinajstić information content (AvgIpc) is 2.99. The number of benzene rings is 1. The summed E-state index contributed by atoms with van der Waals surface area (Å²) in [7, 11) is 0. The van der Waals surface area contributed by atoms with Gasteiger partial charge in [-0.05, 0) is 18.4 Å². The number of carbonyl (C=O) groups excluding carboxylic acids is 1. The molecule has 2 aromatic rings. The molecule has 1 aliphatic heterocycles. The molecule has 5 nitrogen and oxygen atoms in total. The first kappa shape index (κ1) is 12.6. The Morgan fingerprint density at radius 3 is 2.86 bits per heavy atom. The van der Waals surface area contributed by atoms with Crippen LogP contribution in [0.5, 0.6) is 0 Å². The topological polar surface area (TPSA) is 58.2 Å². The predicted molar refractivity (Wildman–Crippen MR) is 78.2 cm³/mol. The zero-order valence-electron chi connectivity index (χ0n) is 11.8. The highest BCUT2D eigenvalue weighted by Gasteiger charge is 2.28. The van der Waals surface area contributed by atoms with Gasteiger partial charge in [0.15, 0.2) is 0 Å². The van der Waals surface area contributed by atoms with Crippen molar-refractivity contribution in [1.82, 2.24) is 15.1 Å². The van der Waals surface area contributed by atoms with Crippen molar-refractivity contribution in [2.75, 3.05) is 26.3 Å². The smallest absolute Gasteiger partial charge is 0.272 e. The van der Waals surface area contributed by atoms with Gasteiger partial charge in [0.1, 0.15) is 5.69 Å². The van der Waals surface area contributed by atoms with Crippen molar-refractivity contribution in [3.05, 3.63) is 41.1 Å². The Kier molecular flexibility index (Phi) is 3.00. The molecular formula is C16H17N3O2. The molecule has 0 spiro atoms. The molecule has 1 amide bonds. The quantitative estimate of drug-likeness (QED) is 0.865. The number of H-pyrrole nitrogens is 1. The summed E-state index contributed by atoms with van der Waals surface area (Å²) in [5, 5.41) is 7.38. The van der Waals surface area contributed by atoms with Crippen LogP contribution < -0.4 is 0 Å². The van der Waals surface area contributed by atoms with Gasteiger partial charge in [0, 0.05) is 24.2 Å². The molecule has 1 fully saturated rings. The number of aromatic amines is 1. The predicted octanol–water partition coefficient (Wildman–Crippen LogP) is 1.65. The van der Waals surface area contributed by atoms with E-state index in [4.69, 9.17) is 4.74 Å². The lowest BCUT2D eigenvalue weighted by atomic mass is 9.89. The van der Waals surface area contributed by atoms with Crippen LogP contribution in [0.2, 0.25) is 0 Å². The summed E-state index contributed by atoms with van der Waals surface area (Å²) in [6.07, 6.45) is 1.83. The summed E-state index contributed by atoms with van der Waals surface area (Å²) in [5.74, 6) is 0.0476. The molecule has 0 unspecified atom stereocenters. The molecule has 0 atom stereocenters. The van der Waals surface area contributed by atoms with E-state index in [0.29, 0.717) is 32.0 Å². The summed E-state index contributed by atoms with van der Waals surface area (Å²) in [6, 6.07) is 8.29. The first-order valence-electron chi connectivity index (χ1n) is 7.37. The van der Waals surface area contributed by atoms with Crippen LogP contribution in [0.4, 0.5) is 0 Å². The minimum atomic E-state index is 0.0476. The number of aromatic nitrogens is 2. The van der Waals surface area contributed by atoms with E-state index in [9.17, 15) is 4.79 Å². The fourth-order valence-electron chi connectivity index (χ4n) is 3.16. The number of fused-ring (bicyclic) bond motifs is 3. The first-order valence-corrected chi connectivity index (χ1v) is 7.37. The van der Waals surface area contributed by atoms with Gasteiger partial charge in [-0.1, -0.05) is 24.3 Å². The highest BCUT2D eigenvalue weighted by Crippen LogP contribution is 2.33. The first-order chi connectivity index (χ1) is 10.3. The number of nitrogens with one attached hydrogen (secondary N) is 1. The van der Waals surface area contributed by atoms with E-state index in [1.807, 2.05) is 11.0 Å². The Balaban J connectivity index is 1.71. The molecule has 0 saturated carbocycles. The van der Waals surface area contributed by atoms with E-state index < -0.39 is 0 Å². The number of carbonyl (C=O) groups is 1. The number of morpholine rings is 1. The Morgan fingerprint density at radius 2 is 2.00 bits per heavy atom. The van der Waals surface area contributed by atoms with Crippen LogP contribution >= 0.6 is 0 Å². The number of aryl methyl sites for hydroxylation is 1. The van der Waals surface area contributed by atoms with E-state index in [1.54, 1.807) is 0 Å². The van der Waals surface area contributed by atoms with Gasteiger partial charge in [0.25, 0.3) is 5.91 Å². The fourth-order valence-corrected chi connectivity index (χ4v) is 3.16. The number of hydrogen-bond donors (Lipinski definition) is 1. The van der Waals surface area contributed by atoms with Crippen LogP contribution in [0.1, 0.15) is 21.6 Å². The maximum Gasteiger partial charge on any atom is 0.272 e. The molecule has 108 valence electrons. The van der Waals surface area contributed by atoms with Crippen molar-refractivity contribution in [3.63, 3.8) is 0 Å². The Labute approximate surface area is 122 Å². The zero-order chi connectivity index (χ0) is 14.2. The number of hydrogen-bond acceptors (Lipinski definition) is 3. The summed E-state index contributed by atoms with van der Waals surface area (Å²) >= 11 is 0. The zero-order valence-corrected chi connectivity index (χ0v) is 11.8. The lowest BCUT2D eigenvalue weighted by molar-refractivity contribution is 0.0298. The Bertz CT molecular complexity index is 687. The van der Waals surface area contributed by atoms with Crippen molar-refractivity contribution in [2.24, 2.45) is 0 Å². The van der Waals surface area contributed by atoms with Crippen LogP contribution in [0.3, 0.4) is 0 Å². The van der Waals surface area contributed by atoms with E-state index in [0.717, 1.165) is 29.7 Å². The third-order valence-electron chi connectivity index (χ3n) is 4.30. The van der Waals surface area contributed by atoms with Gasteiger partial charge in [0.05, 0.1) is 18.9 Å². The highest BCUT2D eigenvalue weighted by molar-refractivity contribution is 5.96. The second-order valence-electron chi connectivity index (χ2n) is 5.49. The van der Waals surface area contributed by atoms with Gasteiger partial charge >= 0.3 is 0 Å². The van der Waals surface area contributed by atoms with Gasteiger partial charge in [0.2, 0.25) is 0 Å². The van der Waals surface area contributed by atoms with Crippen LogP contribution in [-0.2, 0) is 17.6 Å². The normalized spacial score (nSPS) is 17.2. The van der Waals surface area contributed by atoms with Crippen molar-refractivity contribution < 1.29 is 9.53 Å². The summed E-state index contributed by atoms with van der Waals surface area (Å²) < 4.78 is 5.31. The molecule has 1 aromatic carbocycles. The molecule has 2 aliphatic rings. The standard InChI is InChI=1S/C16H17N3O2/c20-16(19-7-9-21-10-8-19)15-13-6-5-11-3-1-2-4-12(11)14(13)17-18-15/h1-4H,5-10H2,(H,17,18). The number of rotatable bonds is 1. The third-order valence-corrected chi connectivity index (χ3v) is 4.30. The SMILES string of the molecule is O=C(c1[nH]nc2c1CCc1ccccc1-2)N1CCOCC1. The van der Waals surface area contributed by atoms with E-state index >= 15 is 0 Å². The number of nitrogens with zero attached hydrogens (tertiary/aromatic N) is 2. The van der Waals surface area contributed by atoms with Crippen LogP contribution in [0, 0.1) is 0 Å². The summed E-state index contributed by atoms with van der Waals surface area (Å²) in [6.45, 7) is 2.54. The van der Waals surface area contributed by atoms with Crippen LogP contribution in [-0.4, -0.2) is 47.3 Å². The van der Waals surface area contributed by atoms with E-state index in [-0.39, 0.29) is 5.91 Å². The van der Waals surface area contributed by atoms with Crippen molar-refractivity contribution >= 4 is 5.91 Å². The van der Waals surface area contributed by atoms with Crippen LogP contribution in [0.15, 0.2) is 24.3 Å².